The number of benzene rings is 1. The molecule has 0 bridgehead atoms. The number of alkyl halides is 1. The van der Waals surface area contributed by atoms with E-state index in [2.05, 4.69) is 41.7 Å². The number of imidazole rings is 1. The number of aryl methyl sites for hydroxylation is 3. The Morgan fingerprint density at radius 2 is 2.19 bits per heavy atom. The van der Waals surface area contributed by atoms with E-state index in [0.29, 0.717) is 0 Å². The van der Waals surface area contributed by atoms with Gasteiger partial charge in [-0.3, -0.25) is 0 Å². The van der Waals surface area contributed by atoms with Crippen LogP contribution in [0, 0.1) is 0 Å². The predicted molar refractivity (Wildman–Crippen MR) is 86.4 cm³/mol. The van der Waals surface area contributed by atoms with Crippen LogP contribution in [-0.2, 0) is 20.0 Å². The van der Waals surface area contributed by atoms with E-state index in [4.69, 9.17) is 11.6 Å². The summed E-state index contributed by atoms with van der Waals surface area (Å²) in [7, 11) is 1.95. The molecule has 7 heteroatoms. The Kier molecular flexibility index (Phi) is 3.99. The highest BCUT2D eigenvalue weighted by atomic mass is 79.9. The van der Waals surface area contributed by atoms with Crippen LogP contribution < -0.4 is 0 Å². The largest absolute Gasteiger partial charge is 0.326 e. The molecule has 2 aromatic heterocycles. The van der Waals surface area contributed by atoms with Gasteiger partial charge in [0.2, 0.25) is 0 Å². The van der Waals surface area contributed by atoms with Gasteiger partial charge in [0, 0.05) is 24.5 Å². The van der Waals surface area contributed by atoms with Crippen LogP contribution in [0.15, 0.2) is 29.0 Å². The van der Waals surface area contributed by atoms with E-state index in [1.165, 1.54) is 0 Å². The quantitative estimate of drug-likeness (QED) is 0.663. The van der Waals surface area contributed by atoms with Gasteiger partial charge < -0.3 is 9.13 Å². The van der Waals surface area contributed by atoms with Crippen molar-refractivity contribution in [3.05, 3.63) is 40.6 Å². The average molecular weight is 369 g/mol. The molecule has 1 unspecified atom stereocenters. The minimum Gasteiger partial charge on any atom is -0.326 e. The van der Waals surface area contributed by atoms with E-state index < -0.39 is 0 Å². The molecular formula is C14H15BrClN5. The van der Waals surface area contributed by atoms with Crippen LogP contribution >= 0.6 is 27.5 Å². The summed E-state index contributed by atoms with van der Waals surface area (Å²) in [6.07, 6.45) is 2.50. The Bertz CT molecular complexity index is 777. The van der Waals surface area contributed by atoms with E-state index in [9.17, 15) is 0 Å². The number of aromatic nitrogens is 5. The molecule has 0 aliphatic carbocycles. The van der Waals surface area contributed by atoms with Crippen molar-refractivity contribution in [3.63, 3.8) is 0 Å². The van der Waals surface area contributed by atoms with Crippen molar-refractivity contribution in [2.24, 2.45) is 7.05 Å². The van der Waals surface area contributed by atoms with Crippen molar-refractivity contribution in [2.45, 2.75) is 25.3 Å². The molecule has 5 nitrogen and oxygen atoms in total. The number of halogens is 2. The number of rotatable bonds is 4. The molecule has 0 spiro atoms. The zero-order chi connectivity index (χ0) is 15.0. The SMILES string of the molecule is CC(Cl)c1nc2cc(Br)ccc2n1CCc1nncn1C. The fourth-order valence-corrected chi connectivity index (χ4v) is 2.92. The van der Waals surface area contributed by atoms with Crippen molar-refractivity contribution in [1.29, 1.82) is 0 Å². The molecule has 2 heterocycles. The number of fused-ring (bicyclic) bond motifs is 1. The molecule has 3 aromatic rings. The van der Waals surface area contributed by atoms with Gasteiger partial charge in [0.25, 0.3) is 0 Å². The van der Waals surface area contributed by atoms with Crippen LogP contribution in [0.5, 0.6) is 0 Å². The minimum atomic E-state index is -0.143. The Morgan fingerprint density at radius 3 is 2.86 bits per heavy atom. The summed E-state index contributed by atoms with van der Waals surface area (Å²) < 4.78 is 5.11. The number of nitrogens with zero attached hydrogens (tertiary/aromatic N) is 5. The van der Waals surface area contributed by atoms with E-state index in [-0.39, 0.29) is 5.38 Å². The third-order valence-electron chi connectivity index (χ3n) is 3.46. The van der Waals surface area contributed by atoms with Gasteiger partial charge in [-0.15, -0.1) is 21.8 Å². The van der Waals surface area contributed by atoms with Crippen molar-refractivity contribution in [1.82, 2.24) is 24.3 Å². The first-order valence-corrected chi connectivity index (χ1v) is 7.92. The first kappa shape index (κ1) is 14.5. The molecule has 0 N–H and O–H groups in total. The zero-order valence-electron chi connectivity index (χ0n) is 11.8. The van der Waals surface area contributed by atoms with Crippen LogP contribution in [0.3, 0.4) is 0 Å². The molecule has 0 fully saturated rings. The van der Waals surface area contributed by atoms with E-state index in [0.717, 1.165) is 40.1 Å². The summed E-state index contributed by atoms with van der Waals surface area (Å²) in [5.41, 5.74) is 2.03. The van der Waals surface area contributed by atoms with E-state index in [1.54, 1.807) is 6.33 Å². The summed E-state index contributed by atoms with van der Waals surface area (Å²) in [5, 5.41) is 7.89. The van der Waals surface area contributed by atoms with E-state index in [1.807, 2.05) is 30.7 Å². The molecule has 0 aliphatic heterocycles. The summed E-state index contributed by atoms with van der Waals surface area (Å²) in [6.45, 7) is 2.72. The number of hydrogen-bond acceptors (Lipinski definition) is 3. The van der Waals surface area contributed by atoms with Gasteiger partial charge in [0.05, 0.1) is 16.4 Å². The maximum absolute atomic E-state index is 6.28. The van der Waals surface area contributed by atoms with Crippen LogP contribution in [0.2, 0.25) is 0 Å². The Labute approximate surface area is 136 Å². The molecule has 21 heavy (non-hydrogen) atoms. The smallest absolute Gasteiger partial charge is 0.134 e. The van der Waals surface area contributed by atoms with Crippen LogP contribution in [0.4, 0.5) is 0 Å². The van der Waals surface area contributed by atoms with Gasteiger partial charge in [0.1, 0.15) is 18.0 Å². The van der Waals surface area contributed by atoms with Crippen LogP contribution in [-0.4, -0.2) is 24.3 Å². The highest BCUT2D eigenvalue weighted by Crippen LogP contribution is 2.26. The molecule has 1 atom stereocenters. The molecule has 3 rings (SSSR count). The van der Waals surface area contributed by atoms with Crippen LogP contribution in [0.25, 0.3) is 11.0 Å². The summed E-state index contributed by atoms with van der Waals surface area (Å²) in [4.78, 5) is 4.65. The van der Waals surface area contributed by atoms with Crippen molar-refractivity contribution in [2.75, 3.05) is 0 Å². The summed E-state index contributed by atoms with van der Waals surface area (Å²) in [6, 6.07) is 6.09. The van der Waals surface area contributed by atoms with Gasteiger partial charge in [-0.05, 0) is 25.1 Å². The predicted octanol–water partition coefficient (Wildman–Crippen LogP) is 3.47. The average Bonchev–Trinajstić information content (AvgIpc) is 2.99. The fourth-order valence-electron chi connectivity index (χ4n) is 2.41. The zero-order valence-corrected chi connectivity index (χ0v) is 14.1. The van der Waals surface area contributed by atoms with Crippen LogP contribution in [0.1, 0.15) is 23.9 Å². The lowest BCUT2D eigenvalue weighted by Gasteiger charge is -2.10. The monoisotopic (exact) mass is 367 g/mol. The summed E-state index contributed by atoms with van der Waals surface area (Å²) >= 11 is 9.76. The molecule has 0 radical (unpaired) electrons. The van der Waals surface area contributed by atoms with E-state index >= 15 is 0 Å². The maximum Gasteiger partial charge on any atom is 0.134 e. The molecule has 0 saturated carbocycles. The third kappa shape index (κ3) is 2.82. The molecule has 110 valence electrons. The molecule has 0 aliphatic rings. The Balaban J connectivity index is 1.99. The fraction of sp³-hybridized carbons (Fsp3) is 0.357. The highest BCUT2D eigenvalue weighted by Gasteiger charge is 2.15. The van der Waals surface area contributed by atoms with Crippen molar-refractivity contribution in [3.8, 4) is 0 Å². The second-order valence-electron chi connectivity index (χ2n) is 4.98. The lowest BCUT2D eigenvalue weighted by molar-refractivity contribution is 0.632. The minimum absolute atomic E-state index is 0.143. The maximum atomic E-state index is 6.28. The third-order valence-corrected chi connectivity index (χ3v) is 4.15. The van der Waals surface area contributed by atoms with Crippen molar-refractivity contribution < 1.29 is 0 Å². The standard InChI is InChI=1S/C14H15BrClN5/c1-9(16)14-18-11-7-10(15)3-4-12(11)21(14)6-5-13-19-17-8-20(13)2/h3-4,7-9H,5-6H2,1-2H3. The normalized spacial score (nSPS) is 13.0. The second-order valence-corrected chi connectivity index (χ2v) is 6.55. The summed E-state index contributed by atoms with van der Waals surface area (Å²) in [5.74, 6) is 1.83. The van der Waals surface area contributed by atoms with Gasteiger partial charge in [0.15, 0.2) is 0 Å². The van der Waals surface area contributed by atoms with Gasteiger partial charge in [-0.25, -0.2) is 4.98 Å². The lowest BCUT2D eigenvalue weighted by atomic mass is 10.3. The van der Waals surface area contributed by atoms with Gasteiger partial charge in [-0.1, -0.05) is 15.9 Å². The molecular weight excluding hydrogens is 354 g/mol. The van der Waals surface area contributed by atoms with Gasteiger partial charge >= 0.3 is 0 Å². The lowest BCUT2D eigenvalue weighted by Crippen LogP contribution is -2.09. The molecule has 0 amide bonds. The second kappa shape index (κ2) is 5.77. The first-order valence-electron chi connectivity index (χ1n) is 6.69. The number of hydrogen-bond donors (Lipinski definition) is 0. The molecule has 1 aromatic carbocycles. The van der Waals surface area contributed by atoms with Crippen molar-refractivity contribution >= 4 is 38.6 Å². The Morgan fingerprint density at radius 1 is 1.38 bits per heavy atom. The Hall–Kier alpha value is -1.40. The molecule has 0 saturated heterocycles. The topological polar surface area (TPSA) is 48.5 Å². The highest BCUT2D eigenvalue weighted by molar-refractivity contribution is 9.10. The van der Waals surface area contributed by atoms with Gasteiger partial charge in [-0.2, -0.15) is 0 Å². The first-order chi connectivity index (χ1) is 10.1.